The van der Waals surface area contributed by atoms with Gasteiger partial charge in [0.1, 0.15) is 5.78 Å². The predicted molar refractivity (Wildman–Crippen MR) is 75.7 cm³/mol. The summed E-state index contributed by atoms with van der Waals surface area (Å²) in [5.74, 6) is 0.907. The SMILES string of the molecule is CC1(C)CCCN(CC(=O)C2CCCCC2)CC1. The third-order valence-corrected chi connectivity index (χ3v) is 4.87. The lowest BCUT2D eigenvalue weighted by molar-refractivity contribution is -0.125. The molecule has 0 atom stereocenters. The molecule has 0 aromatic rings. The van der Waals surface area contributed by atoms with E-state index in [0.717, 1.165) is 32.5 Å². The smallest absolute Gasteiger partial charge is 0.149 e. The Balaban J connectivity index is 1.79. The van der Waals surface area contributed by atoms with Gasteiger partial charge in [-0.1, -0.05) is 33.1 Å². The Morgan fingerprint density at radius 1 is 1.06 bits per heavy atom. The molecule has 0 spiro atoms. The highest BCUT2D eigenvalue weighted by Crippen LogP contribution is 2.30. The molecule has 1 heterocycles. The van der Waals surface area contributed by atoms with E-state index in [1.807, 2.05) is 0 Å². The van der Waals surface area contributed by atoms with Crippen molar-refractivity contribution in [2.45, 2.75) is 65.2 Å². The number of ketones is 1. The van der Waals surface area contributed by atoms with Gasteiger partial charge in [0.25, 0.3) is 0 Å². The molecule has 2 heteroatoms. The van der Waals surface area contributed by atoms with Crippen LogP contribution in [0.5, 0.6) is 0 Å². The van der Waals surface area contributed by atoms with E-state index >= 15 is 0 Å². The van der Waals surface area contributed by atoms with E-state index in [1.54, 1.807) is 0 Å². The molecule has 2 fully saturated rings. The molecule has 0 aromatic carbocycles. The molecule has 18 heavy (non-hydrogen) atoms. The molecule has 1 aliphatic heterocycles. The molecule has 0 radical (unpaired) electrons. The second-order valence-electron chi connectivity index (χ2n) is 7.10. The molecular weight excluding hydrogens is 222 g/mol. The van der Waals surface area contributed by atoms with Crippen molar-refractivity contribution in [3.8, 4) is 0 Å². The summed E-state index contributed by atoms with van der Waals surface area (Å²) in [6.45, 7) is 7.69. The van der Waals surface area contributed by atoms with Crippen LogP contribution in [0.2, 0.25) is 0 Å². The van der Waals surface area contributed by atoms with Gasteiger partial charge in [-0.3, -0.25) is 9.69 Å². The van der Waals surface area contributed by atoms with Crippen molar-refractivity contribution in [3.05, 3.63) is 0 Å². The maximum atomic E-state index is 12.3. The van der Waals surface area contributed by atoms with Crippen molar-refractivity contribution in [3.63, 3.8) is 0 Å². The third kappa shape index (κ3) is 4.08. The fraction of sp³-hybridized carbons (Fsp3) is 0.938. The van der Waals surface area contributed by atoms with Gasteiger partial charge < -0.3 is 0 Å². The highest BCUT2D eigenvalue weighted by atomic mass is 16.1. The average molecular weight is 251 g/mol. The van der Waals surface area contributed by atoms with Crippen LogP contribution in [-0.2, 0) is 4.79 Å². The predicted octanol–water partition coefficient (Wildman–Crippen LogP) is 3.65. The molecule has 1 aliphatic carbocycles. The zero-order valence-corrected chi connectivity index (χ0v) is 12.2. The van der Waals surface area contributed by atoms with Gasteiger partial charge in [0, 0.05) is 5.92 Å². The standard InChI is InChI=1S/C16H29NO/c1-16(2)9-6-11-17(12-10-16)13-15(18)14-7-4-3-5-8-14/h14H,3-13H2,1-2H3. The van der Waals surface area contributed by atoms with Crippen LogP contribution >= 0.6 is 0 Å². The zero-order valence-electron chi connectivity index (χ0n) is 12.2. The van der Waals surface area contributed by atoms with E-state index < -0.39 is 0 Å². The minimum atomic E-state index is 0.384. The Morgan fingerprint density at radius 3 is 2.50 bits per heavy atom. The molecular formula is C16H29NO. The fourth-order valence-corrected chi connectivity index (χ4v) is 3.41. The van der Waals surface area contributed by atoms with E-state index in [0.29, 0.717) is 17.1 Å². The fourth-order valence-electron chi connectivity index (χ4n) is 3.41. The van der Waals surface area contributed by atoms with Crippen LogP contribution in [0.25, 0.3) is 0 Å². The van der Waals surface area contributed by atoms with Gasteiger partial charge in [0.2, 0.25) is 0 Å². The molecule has 2 rings (SSSR count). The number of hydrogen-bond acceptors (Lipinski definition) is 2. The quantitative estimate of drug-likeness (QED) is 0.763. The summed E-state index contributed by atoms with van der Waals surface area (Å²) in [5, 5.41) is 0. The van der Waals surface area contributed by atoms with Crippen molar-refractivity contribution in [2.24, 2.45) is 11.3 Å². The van der Waals surface area contributed by atoms with Crippen molar-refractivity contribution in [1.82, 2.24) is 4.90 Å². The second kappa shape index (κ2) is 6.18. The first kappa shape index (κ1) is 14.0. The van der Waals surface area contributed by atoms with Crippen LogP contribution in [0.4, 0.5) is 0 Å². The maximum absolute atomic E-state index is 12.3. The molecule has 1 saturated carbocycles. The summed E-state index contributed by atoms with van der Waals surface area (Å²) >= 11 is 0. The van der Waals surface area contributed by atoms with Gasteiger partial charge in [-0.05, 0) is 50.6 Å². The van der Waals surface area contributed by atoms with Crippen molar-refractivity contribution >= 4 is 5.78 Å². The Bertz CT molecular complexity index is 279. The van der Waals surface area contributed by atoms with Gasteiger partial charge in [-0.2, -0.15) is 0 Å². The van der Waals surface area contributed by atoms with E-state index in [4.69, 9.17) is 0 Å². The first-order chi connectivity index (χ1) is 8.57. The summed E-state index contributed by atoms with van der Waals surface area (Å²) < 4.78 is 0. The van der Waals surface area contributed by atoms with Gasteiger partial charge in [-0.25, -0.2) is 0 Å². The van der Waals surface area contributed by atoms with Crippen molar-refractivity contribution in [2.75, 3.05) is 19.6 Å². The lowest BCUT2D eigenvalue weighted by Gasteiger charge is -2.26. The highest BCUT2D eigenvalue weighted by Gasteiger charge is 2.26. The molecule has 2 nitrogen and oxygen atoms in total. The number of hydrogen-bond donors (Lipinski definition) is 0. The van der Waals surface area contributed by atoms with E-state index in [-0.39, 0.29) is 0 Å². The molecule has 1 saturated heterocycles. The van der Waals surface area contributed by atoms with Gasteiger partial charge in [0.15, 0.2) is 0 Å². The average Bonchev–Trinajstić information content (AvgIpc) is 2.52. The van der Waals surface area contributed by atoms with Crippen LogP contribution in [0.3, 0.4) is 0 Å². The Kier molecular flexibility index (Phi) is 4.83. The van der Waals surface area contributed by atoms with Crippen LogP contribution in [-0.4, -0.2) is 30.3 Å². The molecule has 0 unspecified atom stereocenters. The van der Waals surface area contributed by atoms with Crippen LogP contribution < -0.4 is 0 Å². The molecule has 0 amide bonds. The van der Waals surface area contributed by atoms with E-state index in [9.17, 15) is 4.79 Å². The monoisotopic (exact) mass is 251 g/mol. The lowest BCUT2D eigenvalue weighted by atomic mass is 9.85. The Morgan fingerprint density at radius 2 is 1.78 bits per heavy atom. The number of nitrogens with zero attached hydrogens (tertiary/aromatic N) is 1. The van der Waals surface area contributed by atoms with Crippen molar-refractivity contribution in [1.29, 1.82) is 0 Å². The maximum Gasteiger partial charge on any atom is 0.149 e. The summed E-state index contributed by atoms with van der Waals surface area (Å²) in [6.07, 6.45) is 9.97. The number of rotatable bonds is 3. The van der Waals surface area contributed by atoms with Crippen LogP contribution in [0.1, 0.15) is 65.2 Å². The van der Waals surface area contributed by atoms with Gasteiger partial charge in [-0.15, -0.1) is 0 Å². The van der Waals surface area contributed by atoms with E-state index in [1.165, 1.54) is 38.5 Å². The first-order valence-electron chi connectivity index (χ1n) is 7.82. The number of likely N-dealkylation sites (tertiary alicyclic amines) is 1. The Hall–Kier alpha value is -0.370. The topological polar surface area (TPSA) is 20.3 Å². The van der Waals surface area contributed by atoms with Crippen LogP contribution in [0.15, 0.2) is 0 Å². The second-order valence-corrected chi connectivity index (χ2v) is 7.10. The highest BCUT2D eigenvalue weighted by molar-refractivity contribution is 5.83. The third-order valence-electron chi connectivity index (χ3n) is 4.87. The minimum Gasteiger partial charge on any atom is -0.298 e. The number of Topliss-reactive ketones (excluding diaryl/α,β-unsaturated/α-hetero) is 1. The molecule has 0 bridgehead atoms. The normalized spacial score (nSPS) is 26.8. The van der Waals surface area contributed by atoms with Gasteiger partial charge in [0.05, 0.1) is 6.54 Å². The molecule has 2 aliphatic rings. The summed E-state index contributed by atoms with van der Waals surface area (Å²) in [7, 11) is 0. The first-order valence-corrected chi connectivity index (χ1v) is 7.82. The largest absolute Gasteiger partial charge is 0.298 e. The number of carbonyl (C=O) groups excluding carboxylic acids is 1. The molecule has 104 valence electrons. The molecule has 0 N–H and O–H groups in total. The summed E-state index contributed by atoms with van der Waals surface area (Å²) in [6, 6.07) is 0. The molecule has 0 aromatic heterocycles. The Labute approximate surface area is 112 Å². The van der Waals surface area contributed by atoms with Crippen molar-refractivity contribution < 1.29 is 4.79 Å². The number of carbonyl (C=O) groups is 1. The van der Waals surface area contributed by atoms with Crippen LogP contribution in [0, 0.1) is 11.3 Å². The zero-order chi connectivity index (χ0) is 13.0. The summed E-state index contributed by atoms with van der Waals surface area (Å²) in [5.41, 5.74) is 0.475. The van der Waals surface area contributed by atoms with E-state index in [2.05, 4.69) is 18.7 Å². The minimum absolute atomic E-state index is 0.384. The van der Waals surface area contributed by atoms with Gasteiger partial charge >= 0.3 is 0 Å². The summed E-state index contributed by atoms with van der Waals surface area (Å²) in [4.78, 5) is 14.7. The lowest BCUT2D eigenvalue weighted by Crippen LogP contribution is -2.35.